The first-order valence-corrected chi connectivity index (χ1v) is 8.91. The topological polar surface area (TPSA) is 66.5 Å². The van der Waals surface area contributed by atoms with Crippen molar-refractivity contribution in [2.75, 3.05) is 6.54 Å². The molecule has 2 heterocycles. The molecule has 3 fully saturated rings. The second-order valence-electron chi connectivity index (χ2n) is 8.16. The van der Waals surface area contributed by atoms with Crippen molar-refractivity contribution < 1.29 is 14.4 Å². The summed E-state index contributed by atoms with van der Waals surface area (Å²) in [5.41, 5.74) is -0.111. The van der Waals surface area contributed by atoms with E-state index in [2.05, 4.69) is 19.2 Å². The van der Waals surface area contributed by atoms with Crippen molar-refractivity contribution in [2.45, 2.75) is 71.4 Å². The molecule has 0 aromatic heterocycles. The summed E-state index contributed by atoms with van der Waals surface area (Å²) in [5.74, 6) is 0.577. The molecule has 1 saturated carbocycles. The largest absolute Gasteiger partial charge is 0.344 e. The number of nitrogens with zero attached hydrogens (tertiary/aromatic N) is 1. The summed E-state index contributed by atoms with van der Waals surface area (Å²) in [5, 5.41) is 2.95. The maximum atomic E-state index is 12.4. The van der Waals surface area contributed by atoms with E-state index in [0.29, 0.717) is 12.5 Å². The number of hydrogen-bond donors (Lipinski definition) is 1. The number of Topliss-reactive ketones (excluding diaryl/α,β-unsaturated/α-hetero) is 1. The van der Waals surface area contributed by atoms with Crippen molar-refractivity contribution in [3.05, 3.63) is 0 Å². The number of nitrogens with one attached hydrogen (secondary N) is 1. The molecule has 0 spiro atoms. The molecule has 0 bridgehead atoms. The van der Waals surface area contributed by atoms with E-state index in [9.17, 15) is 14.4 Å². The van der Waals surface area contributed by atoms with Crippen LogP contribution < -0.4 is 5.32 Å². The number of carbonyl (C=O) groups excluding carboxylic acids is 3. The van der Waals surface area contributed by atoms with E-state index < -0.39 is 0 Å². The Balaban J connectivity index is 1.53. The van der Waals surface area contributed by atoms with Crippen molar-refractivity contribution in [1.29, 1.82) is 0 Å². The van der Waals surface area contributed by atoms with Crippen molar-refractivity contribution in [1.82, 2.24) is 10.2 Å². The first-order chi connectivity index (χ1) is 10.8. The molecule has 5 heteroatoms. The molecule has 2 aliphatic heterocycles. The molecule has 2 saturated heterocycles. The van der Waals surface area contributed by atoms with Gasteiger partial charge in [-0.3, -0.25) is 14.4 Å². The van der Waals surface area contributed by atoms with Crippen molar-refractivity contribution in [3.8, 4) is 0 Å². The van der Waals surface area contributed by atoms with E-state index in [1.165, 1.54) is 6.42 Å². The third-order valence-electron chi connectivity index (χ3n) is 6.44. The van der Waals surface area contributed by atoms with Crippen LogP contribution in [0.3, 0.4) is 0 Å². The van der Waals surface area contributed by atoms with Gasteiger partial charge in [0.1, 0.15) is 11.8 Å². The summed E-state index contributed by atoms with van der Waals surface area (Å²) in [4.78, 5) is 38.3. The maximum Gasteiger partial charge on any atom is 0.245 e. The van der Waals surface area contributed by atoms with E-state index in [-0.39, 0.29) is 40.9 Å². The molecule has 4 atom stereocenters. The Hall–Kier alpha value is -1.39. The zero-order chi connectivity index (χ0) is 16.8. The predicted octanol–water partition coefficient (Wildman–Crippen LogP) is 1.90. The highest BCUT2D eigenvalue weighted by Crippen LogP contribution is 2.53. The molecule has 2 unspecified atom stereocenters. The first kappa shape index (κ1) is 16.5. The molecule has 3 aliphatic rings. The van der Waals surface area contributed by atoms with Crippen molar-refractivity contribution in [2.24, 2.45) is 17.3 Å². The zero-order valence-corrected chi connectivity index (χ0v) is 14.4. The quantitative estimate of drug-likeness (QED) is 0.860. The average molecular weight is 320 g/mol. The summed E-state index contributed by atoms with van der Waals surface area (Å²) in [7, 11) is 0. The lowest BCUT2D eigenvalue weighted by molar-refractivity contribution is -0.141. The van der Waals surface area contributed by atoms with Crippen LogP contribution in [-0.4, -0.2) is 41.1 Å². The van der Waals surface area contributed by atoms with Crippen LogP contribution in [0.25, 0.3) is 0 Å². The fraction of sp³-hybridized carbons (Fsp3) is 0.833. The number of rotatable bonds is 4. The Kier molecular flexibility index (Phi) is 4.23. The van der Waals surface area contributed by atoms with Gasteiger partial charge in [-0.05, 0) is 50.4 Å². The Morgan fingerprint density at radius 2 is 2.00 bits per heavy atom. The molecular weight excluding hydrogens is 292 g/mol. The van der Waals surface area contributed by atoms with Crippen LogP contribution in [0, 0.1) is 17.3 Å². The fourth-order valence-corrected chi connectivity index (χ4v) is 4.76. The Labute approximate surface area is 138 Å². The van der Waals surface area contributed by atoms with Gasteiger partial charge in [-0.2, -0.15) is 0 Å². The Morgan fingerprint density at radius 1 is 1.26 bits per heavy atom. The van der Waals surface area contributed by atoms with E-state index in [1.807, 2.05) is 4.90 Å². The highest BCUT2D eigenvalue weighted by Gasteiger charge is 2.51. The lowest BCUT2D eigenvalue weighted by Gasteiger charge is -2.51. The van der Waals surface area contributed by atoms with Gasteiger partial charge in [0.2, 0.25) is 11.8 Å². The van der Waals surface area contributed by atoms with E-state index >= 15 is 0 Å². The Bertz CT molecular complexity index is 528. The summed E-state index contributed by atoms with van der Waals surface area (Å²) in [6.07, 6.45) is 5.29. The summed E-state index contributed by atoms with van der Waals surface area (Å²) >= 11 is 0. The normalized spacial score (nSPS) is 35.4. The van der Waals surface area contributed by atoms with Crippen molar-refractivity contribution >= 4 is 17.6 Å². The van der Waals surface area contributed by atoms with Gasteiger partial charge in [0.05, 0.1) is 0 Å². The smallest absolute Gasteiger partial charge is 0.245 e. The van der Waals surface area contributed by atoms with Gasteiger partial charge in [0.25, 0.3) is 0 Å². The molecule has 5 nitrogen and oxygen atoms in total. The molecule has 0 radical (unpaired) electrons. The van der Waals surface area contributed by atoms with Gasteiger partial charge >= 0.3 is 0 Å². The minimum atomic E-state index is -0.336. The van der Waals surface area contributed by atoms with E-state index in [4.69, 9.17) is 0 Å². The summed E-state index contributed by atoms with van der Waals surface area (Å²) < 4.78 is 0. The van der Waals surface area contributed by atoms with E-state index in [1.54, 1.807) is 6.92 Å². The number of fused-ring (bicyclic) bond motifs is 1. The number of piperidine rings is 1. The van der Waals surface area contributed by atoms with Gasteiger partial charge in [-0.15, -0.1) is 0 Å². The molecule has 1 aliphatic carbocycles. The third-order valence-corrected chi connectivity index (χ3v) is 6.44. The molecule has 0 aromatic carbocycles. The van der Waals surface area contributed by atoms with Gasteiger partial charge in [0, 0.05) is 24.9 Å². The lowest BCUT2D eigenvalue weighted by atomic mass is 9.52. The van der Waals surface area contributed by atoms with E-state index in [0.717, 1.165) is 32.2 Å². The van der Waals surface area contributed by atoms with Crippen LogP contribution >= 0.6 is 0 Å². The van der Waals surface area contributed by atoms with Crippen LogP contribution in [0.5, 0.6) is 0 Å². The van der Waals surface area contributed by atoms with Crippen LogP contribution in [0.15, 0.2) is 0 Å². The van der Waals surface area contributed by atoms with Gasteiger partial charge in [-0.25, -0.2) is 0 Å². The standard InChI is InChI=1S/C18H28N2O3/c1-11(21)14-8-12(18(14,2)3)9-16(22)19-15-10-13-6-4-5-7-20(13)17(15)23/h12-15H,4-10H2,1-3H3,(H,19,22)/t12-,13?,14+,15?/m1/s1. The SMILES string of the molecule is CC(=O)[C@@H]1C[C@H](CC(=O)NC2CC3CCCCN3C2=O)C1(C)C. The highest BCUT2D eigenvalue weighted by atomic mass is 16.2. The van der Waals surface area contributed by atoms with Crippen molar-refractivity contribution in [3.63, 3.8) is 0 Å². The first-order valence-electron chi connectivity index (χ1n) is 8.91. The number of hydrogen-bond acceptors (Lipinski definition) is 3. The van der Waals surface area contributed by atoms with Crippen LogP contribution in [0.4, 0.5) is 0 Å². The minimum Gasteiger partial charge on any atom is -0.344 e. The zero-order valence-electron chi connectivity index (χ0n) is 14.4. The minimum absolute atomic E-state index is 0.0386. The molecule has 128 valence electrons. The number of carbonyl (C=O) groups is 3. The number of ketones is 1. The van der Waals surface area contributed by atoms with Crippen LogP contribution in [0.2, 0.25) is 0 Å². The second kappa shape index (κ2) is 5.91. The maximum absolute atomic E-state index is 12.4. The lowest BCUT2D eigenvalue weighted by Crippen LogP contribution is -2.51. The molecule has 3 rings (SSSR count). The van der Waals surface area contributed by atoms with Crippen LogP contribution in [-0.2, 0) is 14.4 Å². The summed E-state index contributed by atoms with van der Waals surface area (Å²) in [6, 6.07) is -0.0128. The highest BCUT2D eigenvalue weighted by molar-refractivity contribution is 5.90. The molecule has 0 aromatic rings. The monoisotopic (exact) mass is 320 g/mol. The predicted molar refractivity (Wildman–Crippen MR) is 86.6 cm³/mol. The van der Waals surface area contributed by atoms with Gasteiger partial charge < -0.3 is 10.2 Å². The second-order valence-corrected chi connectivity index (χ2v) is 8.16. The molecule has 1 N–H and O–H groups in total. The fourth-order valence-electron chi connectivity index (χ4n) is 4.76. The van der Waals surface area contributed by atoms with Crippen LogP contribution in [0.1, 0.15) is 59.3 Å². The average Bonchev–Trinajstić information content (AvgIpc) is 2.79. The molecular formula is C18H28N2O3. The van der Waals surface area contributed by atoms with Gasteiger partial charge in [0.15, 0.2) is 0 Å². The Morgan fingerprint density at radius 3 is 2.61 bits per heavy atom. The number of amides is 2. The molecule has 2 amide bonds. The third kappa shape index (κ3) is 2.90. The summed E-state index contributed by atoms with van der Waals surface area (Å²) in [6.45, 7) is 6.62. The van der Waals surface area contributed by atoms with Gasteiger partial charge in [-0.1, -0.05) is 13.8 Å². The molecule has 23 heavy (non-hydrogen) atoms.